The molecule has 1 amide bonds. The highest BCUT2D eigenvalue weighted by Crippen LogP contribution is 2.31. The Bertz CT molecular complexity index is 951. The predicted octanol–water partition coefficient (Wildman–Crippen LogP) is 4.72. The summed E-state index contributed by atoms with van der Waals surface area (Å²) in [7, 11) is 0. The highest BCUT2D eigenvalue weighted by atomic mass is 16.6. The smallest absolute Gasteiger partial charge is 0.407 e. The van der Waals surface area contributed by atoms with Crippen LogP contribution in [0.15, 0.2) is 30.5 Å². The van der Waals surface area contributed by atoms with E-state index in [1.165, 1.54) is 27.4 Å². The lowest BCUT2D eigenvalue weighted by atomic mass is 10.1. The quantitative estimate of drug-likeness (QED) is 0.690. The van der Waals surface area contributed by atoms with E-state index in [2.05, 4.69) is 46.1 Å². The fourth-order valence-corrected chi connectivity index (χ4v) is 3.30. The van der Waals surface area contributed by atoms with Crippen LogP contribution in [0.25, 0.3) is 21.8 Å². The topological polar surface area (TPSA) is 56.2 Å². The van der Waals surface area contributed by atoms with E-state index in [9.17, 15) is 4.79 Å². The van der Waals surface area contributed by atoms with Crippen LogP contribution in [-0.4, -0.2) is 27.8 Å². The van der Waals surface area contributed by atoms with Gasteiger partial charge in [0.05, 0.1) is 11.2 Å². The van der Waals surface area contributed by atoms with Crippen molar-refractivity contribution < 1.29 is 9.53 Å². The van der Waals surface area contributed by atoms with Gasteiger partial charge in [-0.05, 0) is 58.7 Å². The number of nitrogens with one attached hydrogen (secondary N) is 1. The second-order valence-electron chi connectivity index (χ2n) is 7.75. The molecule has 0 aliphatic rings. The van der Waals surface area contributed by atoms with Gasteiger partial charge in [-0.2, -0.15) is 0 Å². The van der Waals surface area contributed by atoms with Gasteiger partial charge in [0.25, 0.3) is 0 Å². The van der Waals surface area contributed by atoms with Gasteiger partial charge in [-0.15, -0.1) is 0 Å². The molecular weight excluding hydrogens is 326 g/mol. The molecule has 0 fully saturated rings. The van der Waals surface area contributed by atoms with E-state index in [1.807, 2.05) is 33.9 Å². The lowest BCUT2D eigenvalue weighted by Crippen LogP contribution is -2.33. The van der Waals surface area contributed by atoms with Crippen LogP contribution in [0.3, 0.4) is 0 Å². The molecular formula is C21H27N3O2. The molecule has 0 aliphatic heterocycles. The summed E-state index contributed by atoms with van der Waals surface area (Å²) in [6.07, 6.45) is 2.32. The normalized spacial score (nSPS) is 11.9. The minimum Gasteiger partial charge on any atom is -0.444 e. The maximum atomic E-state index is 11.8. The van der Waals surface area contributed by atoms with Crippen molar-refractivity contribution in [2.45, 2.75) is 53.2 Å². The standard InChI is InChI=1S/C21H27N3O2/c1-14-7-8-16-17-9-11-22-15(2)19(17)24(18(16)13-14)12-6-10-23-20(25)26-21(3,4)5/h7-9,11,13H,6,10,12H2,1-5H3,(H,23,25). The minimum atomic E-state index is -0.475. The molecule has 2 heterocycles. The second-order valence-corrected chi connectivity index (χ2v) is 7.75. The molecule has 26 heavy (non-hydrogen) atoms. The van der Waals surface area contributed by atoms with Crippen LogP contribution in [0.4, 0.5) is 4.79 Å². The average Bonchev–Trinajstić information content (AvgIpc) is 2.84. The number of alkyl carbamates (subject to hydrolysis) is 1. The van der Waals surface area contributed by atoms with E-state index in [4.69, 9.17) is 4.74 Å². The van der Waals surface area contributed by atoms with E-state index < -0.39 is 5.60 Å². The Hall–Kier alpha value is -2.56. The largest absolute Gasteiger partial charge is 0.444 e. The molecule has 3 aromatic rings. The number of carbonyl (C=O) groups is 1. The first kappa shape index (κ1) is 18.2. The molecule has 1 N–H and O–H groups in total. The molecule has 0 radical (unpaired) electrons. The zero-order valence-electron chi connectivity index (χ0n) is 16.2. The third-order valence-electron chi connectivity index (χ3n) is 4.34. The van der Waals surface area contributed by atoms with E-state index in [1.54, 1.807) is 0 Å². The van der Waals surface area contributed by atoms with Crippen LogP contribution in [0.2, 0.25) is 0 Å². The summed E-state index contributed by atoms with van der Waals surface area (Å²) >= 11 is 0. The number of pyridine rings is 1. The Morgan fingerprint density at radius 3 is 2.69 bits per heavy atom. The van der Waals surface area contributed by atoms with Gasteiger partial charge in [0.1, 0.15) is 5.60 Å². The lowest BCUT2D eigenvalue weighted by molar-refractivity contribution is 0.0527. The average molecular weight is 353 g/mol. The number of amides is 1. The number of rotatable bonds is 4. The first-order valence-electron chi connectivity index (χ1n) is 9.07. The van der Waals surface area contributed by atoms with Gasteiger partial charge in [-0.25, -0.2) is 4.79 Å². The van der Waals surface area contributed by atoms with E-state index in [0.717, 1.165) is 18.7 Å². The molecule has 0 spiro atoms. The van der Waals surface area contributed by atoms with Crippen LogP contribution in [-0.2, 0) is 11.3 Å². The highest BCUT2D eigenvalue weighted by molar-refractivity contribution is 6.08. The number of aryl methyl sites for hydroxylation is 3. The van der Waals surface area contributed by atoms with Crippen LogP contribution in [0.1, 0.15) is 38.4 Å². The molecule has 5 nitrogen and oxygen atoms in total. The van der Waals surface area contributed by atoms with Crippen molar-refractivity contribution in [2.75, 3.05) is 6.54 Å². The number of ether oxygens (including phenoxy) is 1. The van der Waals surface area contributed by atoms with Gasteiger partial charge in [-0.1, -0.05) is 12.1 Å². The van der Waals surface area contributed by atoms with Gasteiger partial charge < -0.3 is 14.6 Å². The predicted molar refractivity (Wildman–Crippen MR) is 106 cm³/mol. The van der Waals surface area contributed by atoms with Gasteiger partial charge in [-0.3, -0.25) is 4.98 Å². The Morgan fingerprint density at radius 1 is 1.19 bits per heavy atom. The third-order valence-corrected chi connectivity index (χ3v) is 4.34. The minimum absolute atomic E-state index is 0.367. The molecule has 0 saturated carbocycles. The molecule has 0 unspecified atom stereocenters. The van der Waals surface area contributed by atoms with Crippen molar-refractivity contribution >= 4 is 27.9 Å². The number of carbonyl (C=O) groups excluding carboxylic acids is 1. The van der Waals surface area contributed by atoms with Crippen molar-refractivity contribution in [3.63, 3.8) is 0 Å². The first-order chi connectivity index (χ1) is 12.3. The number of benzene rings is 1. The molecule has 0 saturated heterocycles. The molecule has 2 aromatic heterocycles. The maximum absolute atomic E-state index is 11.8. The number of aromatic nitrogens is 2. The summed E-state index contributed by atoms with van der Waals surface area (Å²) < 4.78 is 7.60. The van der Waals surface area contributed by atoms with Crippen molar-refractivity contribution in [2.24, 2.45) is 0 Å². The Kier molecular flexibility index (Phi) is 4.90. The summed E-state index contributed by atoms with van der Waals surface area (Å²) in [5.74, 6) is 0. The lowest BCUT2D eigenvalue weighted by Gasteiger charge is -2.19. The monoisotopic (exact) mass is 353 g/mol. The number of hydrogen-bond acceptors (Lipinski definition) is 3. The number of hydrogen-bond donors (Lipinski definition) is 1. The molecule has 3 rings (SSSR count). The SMILES string of the molecule is Cc1ccc2c3ccnc(C)c3n(CCCNC(=O)OC(C)(C)C)c2c1. The van der Waals surface area contributed by atoms with Crippen molar-refractivity contribution in [3.8, 4) is 0 Å². The van der Waals surface area contributed by atoms with Gasteiger partial charge in [0, 0.05) is 35.6 Å². The van der Waals surface area contributed by atoms with E-state index in [-0.39, 0.29) is 6.09 Å². The Labute approximate surface area is 154 Å². The zero-order chi connectivity index (χ0) is 18.9. The molecule has 138 valence electrons. The van der Waals surface area contributed by atoms with Crippen LogP contribution >= 0.6 is 0 Å². The van der Waals surface area contributed by atoms with Gasteiger partial charge in [0.15, 0.2) is 0 Å². The third kappa shape index (κ3) is 3.82. The molecule has 0 bridgehead atoms. The number of nitrogens with zero attached hydrogens (tertiary/aromatic N) is 2. The van der Waals surface area contributed by atoms with Crippen LogP contribution < -0.4 is 5.32 Å². The van der Waals surface area contributed by atoms with Gasteiger partial charge >= 0.3 is 6.09 Å². The van der Waals surface area contributed by atoms with E-state index >= 15 is 0 Å². The summed E-state index contributed by atoms with van der Waals surface area (Å²) in [5, 5.41) is 5.31. The van der Waals surface area contributed by atoms with Crippen molar-refractivity contribution in [3.05, 3.63) is 41.7 Å². The fraction of sp³-hybridized carbons (Fsp3) is 0.429. The van der Waals surface area contributed by atoms with Crippen molar-refractivity contribution in [1.82, 2.24) is 14.9 Å². The molecule has 0 atom stereocenters. The first-order valence-corrected chi connectivity index (χ1v) is 9.07. The molecule has 0 aliphatic carbocycles. The van der Waals surface area contributed by atoms with E-state index in [0.29, 0.717) is 6.54 Å². The Morgan fingerprint density at radius 2 is 1.96 bits per heavy atom. The number of fused-ring (bicyclic) bond motifs is 3. The summed E-state index contributed by atoms with van der Waals surface area (Å²) in [5.41, 5.74) is 4.17. The second kappa shape index (κ2) is 6.98. The summed E-state index contributed by atoms with van der Waals surface area (Å²) in [6.45, 7) is 11.1. The molecule has 1 aromatic carbocycles. The maximum Gasteiger partial charge on any atom is 0.407 e. The Balaban J connectivity index is 1.81. The van der Waals surface area contributed by atoms with Gasteiger partial charge in [0.2, 0.25) is 0 Å². The van der Waals surface area contributed by atoms with Crippen molar-refractivity contribution in [1.29, 1.82) is 0 Å². The zero-order valence-corrected chi connectivity index (χ0v) is 16.2. The highest BCUT2D eigenvalue weighted by Gasteiger charge is 2.16. The van der Waals surface area contributed by atoms with Crippen LogP contribution in [0, 0.1) is 13.8 Å². The summed E-state index contributed by atoms with van der Waals surface area (Å²) in [6, 6.07) is 8.62. The molecule has 5 heteroatoms. The summed E-state index contributed by atoms with van der Waals surface area (Å²) in [4.78, 5) is 16.3. The van der Waals surface area contributed by atoms with Crippen LogP contribution in [0.5, 0.6) is 0 Å². The fourth-order valence-electron chi connectivity index (χ4n) is 3.30.